The number of hydrogen-bond donors (Lipinski definition) is 3. The predicted molar refractivity (Wildman–Crippen MR) is 155 cm³/mol. The Balaban J connectivity index is 1.74. The molecule has 43 heavy (non-hydrogen) atoms. The van der Waals surface area contributed by atoms with Gasteiger partial charge in [0, 0.05) is 37.5 Å². The standard InChI is InChI=1S/C33H50O10/c1-18(34)41-25-10-9-22-24(37)17-23-21(31(22,7)28(25)43-20(3)36)11-15-30(6)26(12-16-33(23,30)40)32(8,39)27(42-19(2)35)13-14-29(4,5)38/h17,21-22,25-28,38-40H,9-16H2,1-8H3/t21-,22-,25+,26-,27+,28+,30+,31+,32+,33+/m0/s1. The Hall–Kier alpha value is -2.30. The van der Waals surface area contributed by atoms with Crippen molar-refractivity contribution in [3.8, 4) is 0 Å². The lowest BCUT2D eigenvalue weighted by Crippen LogP contribution is -2.66. The van der Waals surface area contributed by atoms with E-state index in [4.69, 9.17) is 14.2 Å². The van der Waals surface area contributed by atoms with Gasteiger partial charge < -0.3 is 29.5 Å². The number of hydrogen-bond acceptors (Lipinski definition) is 10. The minimum atomic E-state index is -1.54. The Morgan fingerprint density at radius 1 is 0.930 bits per heavy atom. The van der Waals surface area contributed by atoms with Crippen molar-refractivity contribution in [2.75, 3.05) is 0 Å². The molecule has 0 unspecified atom stereocenters. The second-order valence-corrected chi connectivity index (χ2v) is 14.8. The number of ether oxygens (including phenoxy) is 3. The van der Waals surface area contributed by atoms with Gasteiger partial charge in [0.1, 0.15) is 23.9 Å². The van der Waals surface area contributed by atoms with E-state index in [1.54, 1.807) is 26.8 Å². The summed E-state index contributed by atoms with van der Waals surface area (Å²) in [6, 6.07) is 0. The molecule has 4 aliphatic carbocycles. The monoisotopic (exact) mass is 606 g/mol. The molecule has 0 heterocycles. The smallest absolute Gasteiger partial charge is 0.303 e. The Kier molecular flexibility index (Phi) is 8.79. The summed E-state index contributed by atoms with van der Waals surface area (Å²) in [6.07, 6.45) is 2.19. The van der Waals surface area contributed by atoms with Crippen LogP contribution in [0.5, 0.6) is 0 Å². The van der Waals surface area contributed by atoms with Crippen LogP contribution in [-0.2, 0) is 33.4 Å². The van der Waals surface area contributed by atoms with Crippen LogP contribution in [0.3, 0.4) is 0 Å². The van der Waals surface area contributed by atoms with Crippen molar-refractivity contribution in [1.82, 2.24) is 0 Å². The number of carbonyl (C=O) groups is 4. The lowest BCUT2D eigenvalue weighted by atomic mass is 9.45. The largest absolute Gasteiger partial charge is 0.459 e. The molecule has 0 aliphatic heterocycles. The fourth-order valence-corrected chi connectivity index (χ4v) is 9.42. The van der Waals surface area contributed by atoms with Crippen LogP contribution >= 0.6 is 0 Å². The van der Waals surface area contributed by atoms with Crippen molar-refractivity contribution >= 4 is 23.7 Å². The number of fused-ring (bicyclic) bond motifs is 5. The summed E-state index contributed by atoms with van der Waals surface area (Å²) >= 11 is 0. The van der Waals surface area contributed by atoms with Crippen LogP contribution in [0.1, 0.15) is 107 Å². The maximum absolute atomic E-state index is 13.8. The maximum Gasteiger partial charge on any atom is 0.303 e. The first kappa shape index (κ1) is 33.6. The molecular weight excluding hydrogens is 556 g/mol. The third kappa shape index (κ3) is 5.68. The van der Waals surface area contributed by atoms with E-state index in [9.17, 15) is 34.5 Å². The molecule has 10 atom stereocenters. The molecule has 4 rings (SSSR count). The molecule has 0 spiro atoms. The van der Waals surface area contributed by atoms with Crippen molar-refractivity contribution < 1.29 is 48.7 Å². The fourth-order valence-electron chi connectivity index (χ4n) is 9.42. The summed E-state index contributed by atoms with van der Waals surface area (Å²) in [7, 11) is 0. The maximum atomic E-state index is 13.8. The van der Waals surface area contributed by atoms with Gasteiger partial charge in [0.25, 0.3) is 0 Å². The van der Waals surface area contributed by atoms with E-state index in [0.717, 1.165) is 0 Å². The van der Waals surface area contributed by atoms with Gasteiger partial charge in [0.05, 0.1) is 11.2 Å². The van der Waals surface area contributed by atoms with Gasteiger partial charge in [-0.2, -0.15) is 0 Å². The number of ketones is 1. The molecule has 0 radical (unpaired) electrons. The van der Waals surface area contributed by atoms with Crippen LogP contribution in [0.15, 0.2) is 11.6 Å². The molecule has 3 fully saturated rings. The third-order valence-electron chi connectivity index (χ3n) is 11.4. The van der Waals surface area contributed by atoms with Crippen molar-refractivity contribution in [1.29, 1.82) is 0 Å². The summed E-state index contributed by atoms with van der Waals surface area (Å²) in [5.41, 5.74) is -5.26. The highest BCUT2D eigenvalue weighted by Crippen LogP contribution is 2.69. The van der Waals surface area contributed by atoms with Crippen molar-refractivity contribution in [3.05, 3.63) is 11.6 Å². The lowest BCUT2D eigenvalue weighted by Gasteiger charge is -2.61. The first-order valence-electron chi connectivity index (χ1n) is 15.6. The molecule has 3 N–H and O–H groups in total. The number of esters is 3. The van der Waals surface area contributed by atoms with Crippen LogP contribution in [-0.4, -0.2) is 74.1 Å². The number of rotatable bonds is 8. The highest BCUT2D eigenvalue weighted by Gasteiger charge is 2.71. The lowest BCUT2D eigenvalue weighted by molar-refractivity contribution is -0.210. The summed E-state index contributed by atoms with van der Waals surface area (Å²) in [5.74, 6) is -3.03. The fraction of sp³-hybridized carbons (Fsp3) is 0.818. The summed E-state index contributed by atoms with van der Waals surface area (Å²) in [4.78, 5) is 50.2. The van der Waals surface area contributed by atoms with Gasteiger partial charge in [-0.15, -0.1) is 0 Å². The zero-order chi connectivity index (χ0) is 32.3. The molecule has 0 bridgehead atoms. The Bertz CT molecular complexity index is 1180. The Morgan fingerprint density at radius 2 is 1.56 bits per heavy atom. The van der Waals surface area contributed by atoms with Gasteiger partial charge in [-0.1, -0.05) is 13.8 Å². The minimum Gasteiger partial charge on any atom is -0.459 e. The van der Waals surface area contributed by atoms with Crippen LogP contribution in [0.2, 0.25) is 0 Å². The summed E-state index contributed by atoms with van der Waals surface area (Å²) in [5, 5.41) is 35.1. The van der Waals surface area contributed by atoms with Crippen molar-refractivity contribution in [2.24, 2.45) is 28.6 Å². The molecule has 0 aromatic rings. The number of allylic oxidation sites excluding steroid dienone is 1. The Labute approximate surface area is 254 Å². The van der Waals surface area contributed by atoms with Gasteiger partial charge in [-0.25, -0.2) is 0 Å². The van der Waals surface area contributed by atoms with Gasteiger partial charge in [0.2, 0.25) is 0 Å². The van der Waals surface area contributed by atoms with Gasteiger partial charge in [-0.05, 0) is 95.6 Å². The normalized spacial score (nSPS) is 39.3. The molecule has 0 aromatic carbocycles. The quantitative estimate of drug-likeness (QED) is 0.276. The van der Waals surface area contributed by atoms with Crippen molar-refractivity contribution in [2.45, 2.75) is 142 Å². The summed E-state index contributed by atoms with van der Waals surface area (Å²) in [6.45, 7) is 12.7. The van der Waals surface area contributed by atoms with Crippen LogP contribution in [0, 0.1) is 28.6 Å². The second-order valence-electron chi connectivity index (χ2n) is 14.8. The molecular formula is C33H50O10. The molecule has 0 aromatic heterocycles. The SMILES string of the molecule is CC(=O)O[C@@H]1[C@H](OC(C)=O)CC[C@H]2C(=O)C=C3[C@H](CC[C@]4(C)[C@@H]([C@@](C)(O)[C@@H](CCC(C)(C)O)OC(C)=O)CC[C@@]34O)[C@@]12C. The molecule has 0 saturated heterocycles. The summed E-state index contributed by atoms with van der Waals surface area (Å²) < 4.78 is 17.1. The van der Waals surface area contributed by atoms with E-state index in [2.05, 4.69) is 0 Å². The predicted octanol–water partition coefficient (Wildman–Crippen LogP) is 3.57. The molecule has 10 heteroatoms. The number of aliphatic hydroxyl groups is 3. The molecule has 3 saturated carbocycles. The van der Waals surface area contributed by atoms with Gasteiger partial charge in [-0.3, -0.25) is 19.2 Å². The van der Waals surface area contributed by atoms with Crippen molar-refractivity contribution in [3.63, 3.8) is 0 Å². The van der Waals surface area contributed by atoms with E-state index in [-0.39, 0.29) is 31.0 Å². The highest BCUT2D eigenvalue weighted by atomic mass is 16.6. The van der Waals surface area contributed by atoms with Gasteiger partial charge in [0.15, 0.2) is 5.78 Å². The van der Waals surface area contributed by atoms with E-state index < -0.39 is 75.7 Å². The topological polar surface area (TPSA) is 157 Å². The Morgan fingerprint density at radius 3 is 2.12 bits per heavy atom. The first-order chi connectivity index (χ1) is 19.7. The zero-order valence-electron chi connectivity index (χ0n) is 26.9. The third-order valence-corrected chi connectivity index (χ3v) is 11.4. The van der Waals surface area contributed by atoms with Crippen LogP contribution in [0.4, 0.5) is 0 Å². The van der Waals surface area contributed by atoms with E-state index in [0.29, 0.717) is 37.7 Å². The molecule has 4 aliphatic rings. The number of carbonyl (C=O) groups excluding carboxylic acids is 4. The first-order valence-corrected chi connectivity index (χ1v) is 15.6. The highest BCUT2D eigenvalue weighted by molar-refractivity contribution is 5.95. The average molecular weight is 607 g/mol. The molecule has 10 nitrogen and oxygen atoms in total. The average Bonchev–Trinajstić information content (AvgIpc) is 3.14. The second kappa shape index (κ2) is 11.2. The van der Waals surface area contributed by atoms with Crippen LogP contribution in [0.25, 0.3) is 0 Å². The molecule has 0 amide bonds. The zero-order valence-corrected chi connectivity index (χ0v) is 26.9. The van der Waals surface area contributed by atoms with E-state index in [1.165, 1.54) is 20.8 Å². The van der Waals surface area contributed by atoms with Gasteiger partial charge >= 0.3 is 17.9 Å². The van der Waals surface area contributed by atoms with E-state index >= 15 is 0 Å². The molecule has 242 valence electrons. The minimum absolute atomic E-state index is 0.150. The van der Waals surface area contributed by atoms with Crippen LogP contribution < -0.4 is 0 Å². The van der Waals surface area contributed by atoms with E-state index in [1.807, 2.05) is 13.8 Å².